The Kier molecular flexibility index (Phi) is 7.72. The maximum Gasteiger partial charge on any atom is 0.248 e. The van der Waals surface area contributed by atoms with Crippen LogP contribution in [0.2, 0.25) is 10.0 Å². The second kappa shape index (κ2) is 10.9. The van der Waals surface area contributed by atoms with Crippen molar-refractivity contribution in [1.82, 2.24) is 5.32 Å². The van der Waals surface area contributed by atoms with Gasteiger partial charge in [-0.25, -0.2) is 4.39 Å². The lowest BCUT2D eigenvalue weighted by atomic mass is 9.68. The average Bonchev–Trinajstić information content (AvgIpc) is 3.41. The van der Waals surface area contributed by atoms with E-state index >= 15 is 4.39 Å². The molecule has 8 nitrogen and oxygen atoms in total. The quantitative estimate of drug-likeness (QED) is 0.276. The third-order valence-corrected chi connectivity index (χ3v) is 8.35. The SMILES string of the molecule is COc1cc(C(N)=O)ccc1NC(=O)[C@H]1C[C@]2(C(=O)Nc3cc(Cl)cc(-c4cccc(Cl)c4F)c32)[C@H](CC(C)(C)C)N1. The third kappa shape index (κ3) is 5.21. The van der Waals surface area contributed by atoms with Crippen LogP contribution in [-0.2, 0) is 15.0 Å². The van der Waals surface area contributed by atoms with Gasteiger partial charge in [-0.3, -0.25) is 14.4 Å². The molecule has 42 heavy (non-hydrogen) atoms. The standard InChI is InChI=1S/C31H31Cl2FN4O4/c1-30(2,3)14-24-31(13-22(36-24)28(40)37-20-9-8-15(27(35)39)10-23(20)42-4)25-18(17-6-5-7-19(33)26(17)34)11-16(32)12-21(25)38-29(31)41/h5-12,22,24,36H,13-14H2,1-4H3,(H2,35,39)(H,37,40)(H,38,41)/t22-,24+,31+/m1/s1. The van der Waals surface area contributed by atoms with Gasteiger partial charge < -0.3 is 26.4 Å². The topological polar surface area (TPSA) is 123 Å². The molecule has 3 atom stereocenters. The Hall–Kier alpha value is -3.66. The van der Waals surface area contributed by atoms with Crippen LogP contribution in [0.25, 0.3) is 11.1 Å². The van der Waals surface area contributed by atoms with Crippen LogP contribution in [0.3, 0.4) is 0 Å². The lowest BCUT2D eigenvalue weighted by molar-refractivity contribution is -0.121. The zero-order chi connectivity index (χ0) is 30.6. The van der Waals surface area contributed by atoms with E-state index in [0.717, 1.165) is 0 Å². The number of benzene rings is 3. The highest BCUT2D eigenvalue weighted by molar-refractivity contribution is 6.32. The minimum absolute atomic E-state index is 0.0584. The molecule has 3 amide bonds. The zero-order valence-corrected chi connectivity index (χ0v) is 25.0. The van der Waals surface area contributed by atoms with Crippen molar-refractivity contribution in [3.63, 3.8) is 0 Å². The Morgan fingerprint density at radius 2 is 1.88 bits per heavy atom. The molecule has 0 aromatic heterocycles. The number of primary amides is 1. The molecule has 3 aromatic rings. The predicted molar refractivity (Wildman–Crippen MR) is 162 cm³/mol. The second-order valence-electron chi connectivity index (χ2n) is 11.9. The molecule has 0 radical (unpaired) electrons. The summed E-state index contributed by atoms with van der Waals surface area (Å²) in [6, 6.07) is 11.1. The number of amides is 3. The zero-order valence-electron chi connectivity index (χ0n) is 23.5. The summed E-state index contributed by atoms with van der Waals surface area (Å²) in [7, 11) is 1.42. The summed E-state index contributed by atoms with van der Waals surface area (Å²) in [5.74, 6) is -1.70. The minimum atomic E-state index is -1.22. The van der Waals surface area contributed by atoms with Crippen molar-refractivity contribution in [2.24, 2.45) is 11.1 Å². The molecule has 3 aromatic carbocycles. The molecule has 2 aliphatic rings. The predicted octanol–water partition coefficient (Wildman–Crippen LogP) is 5.90. The first-order valence-electron chi connectivity index (χ1n) is 13.4. The van der Waals surface area contributed by atoms with Crippen LogP contribution in [0.5, 0.6) is 5.75 Å². The first-order valence-corrected chi connectivity index (χ1v) is 14.2. The van der Waals surface area contributed by atoms with Crippen LogP contribution >= 0.6 is 23.2 Å². The van der Waals surface area contributed by atoms with Crippen molar-refractivity contribution < 1.29 is 23.5 Å². The summed E-state index contributed by atoms with van der Waals surface area (Å²) in [5, 5.41) is 9.50. The molecule has 1 fully saturated rings. The van der Waals surface area contributed by atoms with Gasteiger partial charge in [-0.15, -0.1) is 0 Å². The number of anilines is 2. The number of hydrogen-bond donors (Lipinski definition) is 4. The number of hydrogen-bond acceptors (Lipinski definition) is 5. The molecule has 2 aliphatic heterocycles. The van der Waals surface area contributed by atoms with Crippen LogP contribution in [0.15, 0.2) is 48.5 Å². The molecule has 0 saturated carbocycles. The lowest BCUT2D eigenvalue weighted by Gasteiger charge is -2.34. The van der Waals surface area contributed by atoms with Gasteiger partial charge in [-0.05, 0) is 60.2 Å². The fourth-order valence-corrected chi connectivity index (χ4v) is 6.47. The van der Waals surface area contributed by atoms with Gasteiger partial charge in [0.25, 0.3) is 0 Å². The van der Waals surface area contributed by atoms with E-state index in [0.29, 0.717) is 33.9 Å². The Balaban J connectivity index is 1.60. The van der Waals surface area contributed by atoms with E-state index in [4.69, 9.17) is 33.7 Å². The Bertz CT molecular complexity index is 1620. The van der Waals surface area contributed by atoms with E-state index in [1.54, 1.807) is 24.3 Å². The largest absolute Gasteiger partial charge is 0.495 e. The number of nitrogens with two attached hydrogens (primary N) is 1. The van der Waals surface area contributed by atoms with Crippen LogP contribution in [-0.4, -0.2) is 36.9 Å². The maximum atomic E-state index is 15.4. The molecular formula is C31H31Cl2FN4O4. The van der Waals surface area contributed by atoms with Crippen LogP contribution in [0.4, 0.5) is 15.8 Å². The third-order valence-electron chi connectivity index (χ3n) is 7.84. The number of carbonyl (C=O) groups excluding carboxylic acids is 3. The summed E-state index contributed by atoms with van der Waals surface area (Å²) in [6.07, 6.45) is 0.622. The van der Waals surface area contributed by atoms with Gasteiger partial charge in [0.15, 0.2) is 0 Å². The molecule has 0 aliphatic carbocycles. The molecule has 11 heteroatoms. The van der Waals surface area contributed by atoms with Crippen molar-refractivity contribution in [1.29, 1.82) is 0 Å². The molecule has 1 saturated heterocycles. The number of ether oxygens (including phenoxy) is 1. The van der Waals surface area contributed by atoms with Crippen molar-refractivity contribution in [2.45, 2.75) is 51.1 Å². The summed E-state index contributed by atoms with van der Waals surface area (Å²) < 4.78 is 20.8. The normalized spacial score (nSPS) is 21.3. The highest BCUT2D eigenvalue weighted by atomic mass is 35.5. The van der Waals surface area contributed by atoms with Crippen LogP contribution in [0, 0.1) is 11.2 Å². The van der Waals surface area contributed by atoms with Crippen molar-refractivity contribution in [3.8, 4) is 16.9 Å². The molecule has 220 valence electrons. The summed E-state index contributed by atoms with van der Waals surface area (Å²) in [5.41, 5.74) is 6.17. The minimum Gasteiger partial charge on any atom is -0.495 e. The van der Waals surface area contributed by atoms with E-state index in [-0.39, 0.29) is 39.6 Å². The smallest absolute Gasteiger partial charge is 0.248 e. The van der Waals surface area contributed by atoms with E-state index in [9.17, 15) is 14.4 Å². The summed E-state index contributed by atoms with van der Waals surface area (Å²) in [4.78, 5) is 39.4. The van der Waals surface area contributed by atoms with Gasteiger partial charge >= 0.3 is 0 Å². The fourth-order valence-electron chi connectivity index (χ4n) is 6.07. The Morgan fingerprint density at radius 1 is 1.14 bits per heavy atom. The number of halogens is 3. The van der Waals surface area contributed by atoms with Crippen LogP contribution in [0.1, 0.15) is 49.5 Å². The molecular weight excluding hydrogens is 582 g/mol. The number of carbonyl (C=O) groups is 3. The lowest BCUT2D eigenvalue weighted by Crippen LogP contribution is -2.48. The van der Waals surface area contributed by atoms with Crippen molar-refractivity contribution >= 4 is 52.3 Å². The summed E-state index contributed by atoms with van der Waals surface area (Å²) >= 11 is 12.6. The van der Waals surface area contributed by atoms with E-state index in [1.807, 2.05) is 20.8 Å². The Morgan fingerprint density at radius 3 is 2.55 bits per heavy atom. The van der Waals surface area contributed by atoms with Gasteiger partial charge in [-0.2, -0.15) is 0 Å². The number of fused-ring (bicyclic) bond motifs is 2. The number of nitrogens with one attached hydrogen (secondary N) is 3. The van der Waals surface area contributed by atoms with E-state index in [1.165, 1.54) is 31.4 Å². The molecule has 1 spiro atoms. The highest BCUT2D eigenvalue weighted by Crippen LogP contribution is 2.54. The fraction of sp³-hybridized carbons (Fsp3) is 0.323. The average molecular weight is 614 g/mol. The second-order valence-corrected chi connectivity index (χ2v) is 12.8. The van der Waals surface area contributed by atoms with Crippen molar-refractivity contribution in [2.75, 3.05) is 17.7 Å². The highest BCUT2D eigenvalue weighted by Gasteiger charge is 2.60. The number of rotatable bonds is 6. The monoisotopic (exact) mass is 612 g/mol. The molecule has 5 rings (SSSR count). The molecule has 0 unspecified atom stereocenters. The Labute approximate surface area is 253 Å². The van der Waals surface area contributed by atoms with Crippen molar-refractivity contribution in [3.05, 3.63) is 75.5 Å². The van der Waals surface area contributed by atoms with Gasteiger partial charge in [0, 0.05) is 33.4 Å². The molecule has 2 heterocycles. The van der Waals surface area contributed by atoms with E-state index in [2.05, 4.69) is 16.0 Å². The maximum absolute atomic E-state index is 15.4. The van der Waals surface area contributed by atoms with E-state index < -0.39 is 35.1 Å². The number of methoxy groups -OCH3 is 1. The van der Waals surface area contributed by atoms with Gasteiger partial charge in [0.2, 0.25) is 17.7 Å². The van der Waals surface area contributed by atoms with Gasteiger partial charge in [0.05, 0.1) is 29.3 Å². The van der Waals surface area contributed by atoms with Crippen LogP contribution < -0.4 is 26.4 Å². The summed E-state index contributed by atoms with van der Waals surface area (Å²) in [6.45, 7) is 6.15. The molecule has 0 bridgehead atoms. The molecule has 5 N–H and O–H groups in total. The first-order chi connectivity index (χ1) is 19.7. The first kappa shape index (κ1) is 29.8. The van der Waals surface area contributed by atoms with Gasteiger partial charge in [-0.1, -0.05) is 56.1 Å². The van der Waals surface area contributed by atoms with Gasteiger partial charge in [0.1, 0.15) is 11.6 Å².